The molecule has 1 rings (SSSR count). The van der Waals surface area contributed by atoms with Gasteiger partial charge in [-0.05, 0) is 13.8 Å². The third-order valence-electron chi connectivity index (χ3n) is 1.88. The van der Waals surface area contributed by atoms with Gasteiger partial charge < -0.3 is 9.64 Å². The molecule has 0 aromatic rings. The highest BCUT2D eigenvalue weighted by molar-refractivity contribution is 6.14. The van der Waals surface area contributed by atoms with Gasteiger partial charge in [0, 0.05) is 7.05 Å². The van der Waals surface area contributed by atoms with Gasteiger partial charge >= 0.3 is 5.97 Å². The number of likely N-dealkylation sites (N-methyl/N-ethyl adjacent to an activating group) is 1. The number of aliphatic imine (C=N–C) groups is 1. The Morgan fingerprint density at radius 3 is 2.69 bits per heavy atom. The van der Waals surface area contributed by atoms with Gasteiger partial charge in [-0.1, -0.05) is 0 Å². The van der Waals surface area contributed by atoms with E-state index in [1.165, 1.54) is 4.90 Å². The number of carbonyl (C=O) groups excluding carboxylic acids is 2. The molecule has 1 unspecified atom stereocenters. The average Bonchev–Trinajstić information content (AvgIpc) is 2.33. The van der Waals surface area contributed by atoms with Crippen molar-refractivity contribution in [2.24, 2.45) is 4.99 Å². The summed E-state index contributed by atoms with van der Waals surface area (Å²) >= 11 is 0. The summed E-state index contributed by atoms with van der Waals surface area (Å²) in [5, 5.41) is 0. The smallest absolute Gasteiger partial charge is 0.340 e. The molecule has 0 saturated heterocycles. The number of hydrogen-bond acceptors (Lipinski definition) is 4. The van der Waals surface area contributed by atoms with E-state index in [-0.39, 0.29) is 12.5 Å². The van der Waals surface area contributed by atoms with Crippen molar-refractivity contribution >= 4 is 17.7 Å². The molecule has 1 heterocycles. The Morgan fingerprint density at radius 1 is 1.69 bits per heavy atom. The third kappa shape index (κ3) is 1.68. The molecule has 1 atom stereocenters. The van der Waals surface area contributed by atoms with Crippen LogP contribution in [0.2, 0.25) is 0 Å². The number of esters is 1. The fraction of sp³-hybridized carbons (Fsp3) is 0.625. The molecule has 1 amide bonds. The minimum Gasteiger partial charge on any atom is -0.464 e. The lowest BCUT2D eigenvalue weighted by Crippen LogP contribution is -2.35. The van der Waals surface area contributed by atoms with Crippen LogP contribution in [0.1, 0.15) is 13.8 Å². The Kier molecular flexibility index (Phi) is 2.65. The van der Waals surface area contributed by atoms with Crippen LogP contribution in [0.15, 0.2) is 4.99 Å². The highest BCUT2D eigenvalue weighted by Crippen LogP contribution is 2.10. The van der Waals surface area contributed by atoms with E-state index in [0.717, 1.165) is 0 Å². The van der Waals surface area contributed by atoms with E-state index in [9.17, 15) is 9.59 Å². The fourth-order valence-electron chi connectivity index (χ4n) is 1.05. The second kappa shape index (κ2) is 3.55. The Bertz CT molecular complexity index is 273. The van der Waals surface area contributed by atoms with Crippen LogP contribution in [0.3, 0.4) is 0 Å². The van der Waals surface area contributed by atoms with Crippen molar-refractivity contribution < 1.29 is 14.3 Å². The van der Waals surface area contributed by atoms with Crippen molar-refractivity contribution in [3.8, 4) is 0 Å². The van der Waals surface area contributed by atoms with Gasteiger partial charge in [0.15, 0.2) is 0 Å². The van der Waals surface area contributed by atoms with Gasteiger partial charge in [-0.3, -0.25) is 4.79 Å². The number of carbonyl (C=O) groups is 2. The summed E-state index contributed by atoms with van der Waals surface area (Å²) in [6.07, 6.45) is 0. The predicted octanol–water partition coefficient (Wildman–Crippen LogP) is -0.192. The Labute approximate surface area is 76.4 Å². The lowest BCUT2D eigenvalue weighted by molar-refractivity contribution is -0.148. The lowest BCUT2D eigenvalue weighted by Gasteiger charge is -2.09. The molecule has 0 N–H and O–H groups in total. The molecule has 1 aliphatic rings. The van der Waals surface area contributed by atoms with E-state index in [1.807, 2.05) is 0 Å². The SMILES string of the molecule is CCOC(=O)C1N=C(C)N(C)C1=O. The van der Waals surface area contributed by atoms with E-state index in [2.05, 4.69) is 4.99 Å². The van der Waals surface area contributed by atoms with Gasteiger partial charge in [-0.2, -0.15) is 0 Å². The summed E-state index contributed by atoms with van der Waals surface area (Å²) in [5.74, 6) is -0.352. The van der Waals surface area contributed by atoms with Crippen molar-refractivity contribution in [1.82, 2.24) is 4.90 Å². The first-order valence-corrected chi connectivity index (χ1v) is 4.06. The van der Waals surface area contributed by atoms with E-state index < -0.39 is 12.0 Å². The standard InChI is InChI=1S/C8H12N2O3/c1-4-13-8(12)6-7(11)10(3)5(2)9-6/h6H,4H2,1-3H3. The zero-order valence-electron chi connectivity index (χ0n) is 7.90. The van der Waals surface area contributed by atoms with Crippen LogP contribution < -0.4 is 0 Å². The minimum absolute atomic E-state index is 0.265. The maximum absolute atomic E-state index is 11.3. The summed E-state index contributed by atoms with van der Waals surface area (Å²) in [4.78, 5) is 27.7. The quantitative estimate of drug-likeness (QED) is 0.441. The Hall–Kier alpha value is -1.39. The number of amides is 1. The molecule has 0 bridgehead atoms. The Balaban J connectivity index is 2.73. The zero-order chi connectivity index (χ0) is 10.0. The zero-order valence-corrected chi connectivity index (χ0v) is 7.90. The maximum atomic E-state index is 11.3. The second-order valence-electron chi connectivity index (χ2n) is 2.73. The van der Waals surface area contributed by atoms with Gasteiger partial charge in [-0.15, -0.1) is 0 Å². The summed E-state index contributed by atoms with van der Waals surface area (Å²) in [7, 11) is 1.58. The topological polar surface area (TPSA) is 59.0 Å². The molecule has 0 aliphatic carbocycles. The largest absolute Gasteiger partial charge is 0.464 e. The molecular weight excluding hydrogens is 172 g/mol. The summed E-state index contributed by atoms with van der Waals surface area (Å²) in [6, 6.07) is -0.982. The van der Waals surface area contributed by atoms with Gasteiger partial charge in [0.05, 0.1) is 6.61 Å². The first-order valence-electron chi connectivity index (χ1n) is 4.06. The first kappa shape index (κ1) is 9.70. The third-order valence-corrected chi connectivity index (χ3v) is 1.88. The van der Waals surface area contributed by atoms with Crippen molar-refractivity contribution in [3.05, 3.63) is 0 Å². The van der Waals surface area contributed by atoms with Crippen LogP contribution in [-0.4, -0.2) is 42.3 Å². The van der Waals surface area contributed by atoms with Gasteiger partial charge in [0.1, 0.15) is 5.84 Å². The van der Waals surface area contributed by atoms with E-state index >= 15 is 0 Å². The van der Waals surface area contributed by atoms with Crippen molar-refractivity contribution in [2.75, 3.05) is 13.7 Å². The van der Waals surface area contributed by atoms with Crippen LogP contribution in [-0.2, 0) is 14.3 Å². The molecule has 0 aromatic heterocycles. The highest BCUT2D eigenvalue weighted by Gasteiger charge is 2.36. The molecule has 0 radical (unpaired) electrons. The number of nitrogens with zero attached hydrogens (tertiary/aromatic N) is 2. The predicted molar refractivity (Wildman–Crippen MR) is 46.3 cm³/mol. The van der Waals surface area contributed by atoms with Crippen LogP contribution in [0.5, 0.6) is 0 Å². The Morgan fingerprint density at radius 2 is 2.31 bits per heavy atom. The molecule has 0 fully saturated rings. The molecule has 5 heteroatoms. The van der Waals surface area contributed by atoms with E-state index in [1.54, 1.807) is 20.9 Å². The maximum Gasteiger partial charge on any atom is 0.340 e. The molecule has 72 valence electrons. The lowest BCUT2D eigenvalue weighted by atomic mass is 10.3. The molecular formula is C8H12N2O3. The molecule has 0 aromatic carbocycles. The van der Waals surface area contributed by atoms with Crippen molar-refractivity contribution in [3.63, 3.8) is 0 Å². The van der Waals surface area contributed by atoms with Crippen LogP contribution in [0, 0.1) is 0 Å². The van der Waals surface area contributed by atoms with E-state index in [4.69, 9.17) is 4.74 Å². The van der Waals surface area contributed by atoms with Gasteiger partial charge in [-0.25, -0.2) is 9.79 Å². The summed E-state index contributed by atoms with van der Waals surface area (Å²) in [5.41, 5.74) is 0. The first-order chi connectivity index (χ1) is 6.07. The van der Waals surface area contributed by atoms with Crippen molar-refractivity contribution in [2.45, 2.75) is 19.9 Å². The normalized spacial score (nSPS) is 21.8. The molecule has 5 nitrogen and oxygen atoms in total. The highest BCUT2D eigenvalue weighted by atomic mass is 16.5. The van der Waals surface area contributed by atoms with Crippen molar-refractivity contribution in [1.29, 1.82) is 0 Å². The molecule has 0 saturated carbocycles. The average molecular weight is 184 g/mol. The van der Waals surface area contributed by atoms with Crippen LogP contribution in [0.25, 0.3) is 0 Å². The molecule has 13 heavy (non-hydrogen) atoms. The molecule has 0 spiro atoms. The number of ether oxygens (including phenoxy) is 1. The minimum atomic E-state index is -0.982. The van der Waals surface area contributed by atoms with E-state index in [0.29, 0.717) is 5.84 Å². The van der Waals surface area contributed by atoms with Gasteiger partial charge in [0.25, 0.3) is 5.91 Å². The second-order valence-corrected chi connectivity index (χ2v) is 2.73. The fourth-order valence-corrected chi connectivity index (χ4v) is 1.05. The summed E-state index contributed by atoms with van der Waals surface area (Å²) < 4.78 is 4.70. The number of rotatable bonds is 2. The number of amidine groups is 1. The van der Waals surface area contributed by atoms with Gasteiger partial charge in [0.2, 0.25) is 6.04 Å². The monoisotopic (exact) mass is 184 g/mol. The van der Waals surface area contributed by atoms with Crippen LogP contribution in [0.4, 0.5) is 0 Å². The number of hydrogen-bond donors (Lipinski definition) is 0. The van der Waals surface area contributed by atoms with Crippen LogP contribution >= 0.6 is 0 Å². The summed E-state index contributed by atoms with van der Waals surface area (Å²) in [6.45, 7) is 3.63. The molecule has 1 aliphatic heterocycles.